The highest BCUT2D eigenvalue weighted by Crippen LogP contribution is 2.30. The Morgan fingerprint density at radius 1 is 1.21 bits per heavy atom. The molecule has 1 saturated heterocycles. The minimum atomic E-state index is -1.07. The highest BCUT2D eigenvalue weighted by molar-refractivity contribution is 5.94. The summed E-state index contributed by atoms with van der Waals surface area (Å²) in [6, 6.07) is 4.95. The summed E-state index contributed by atoms with van der Waals surface area (Å²) in [7, 11) is 0. The van der Waals surface area contributed by atoms with E-state index in [1.165, 1.54) is 31.0 Å². The number of para-hydroxylation sites is 1. The first-order valence-electron chi connectivity index (χ1n) is 6.67. The lowest BCUT2D eigenvalue weighted by molar-refractivity contribution is 0.0697. The number of hydrogen-bond donors (Lipinski definition) is 1. The van der Waals surface area contributed by atoms with Gasteiger partial charge in [-0.3, -0.25) is 4.90 Å². The standard InChI is InChI=1S/C14H17FN2O2/c15-12-3-1-2-11(14(18)19)13(12)17-8-6-16(7-9-17)10-4-5-10/h1-3,10H,4-9H2,(H,18,19). The molecule has 19 heavy (non-hydrogen) atoms. The molecular weight excluding hydrogens is 247 g/mol. The number of aromatic carboxylic acids is 1. The first kappa shape index (κ1) is 12.4. The van der Waals surface area contributed by atoms with Gasteiger partial charge in [0.05, 0.1) is 11.3 Å². The molecule has 1 aliphatic carbocycles. The van der Waals surface area contributed by atoms with Crippen molar-refractivity contribution in [1.82, 2.24) is 4.90 Å². The van der Waals surface area contributed by atoms with Gasteiger partial charge in [0.15, 0.2) is 0 Å². The van der Waals surface area contributed by atoms with E-state index in [1.807, 2.05) is 4.90 Å². The van der Waals surface area contributed by atoms with Gasteiger partial charge in [-0.05, 0) is 25.0 Å². The first-order chi connectivity index (χ1) is 9.16. The average molecular weight is 264 g/mol. The van der Waals surface area contributed by atoms with Crippen molar-refractivity contribution in [1.29, 1.82) is 0 Å². The topological polar surface area (TPSA) is 43.8 Å². The fraction of sp³-hybridized carbons (Fsp3) is 0.500. The second-order valence-corrected chi connectivity index (χ2v) is 5.20. The minimum Gasteiger partial charge on any atom is -0.478 e. The van der Waals surface area contributed by atoms with Gasteiger partial charge in [0, 0.05) is 32.2 Å². The van der Waals surface area contributed by atoms with Crippen molar-refractivity contribution >= 4 is 11.7 Å². The summed E-state index contributed by atoms with van der Waals surface area (Å²) in [4.78, 5) is 15.5. The Morgan fingerprint density at radius 2 is 1.89 bits per heavy atom. The van der Waals surface area contributed by atoms with Gasteiger partial charge < -0.3 is 10.0 Å². The number of rotatable bonds is 3. The molecule has 0 radical (unpaired) electrons. The van der Waals surface area contributed by atoms with Crippen LogP contribution in [0, 0.1) is 5.82 Å². The molecule has 1 N–H and O–H groups in total. The third-order valence-corrected chi connectivity index (χ3v) is 3.91. The molecule has 1 aromatic rings. The van der Waals surface area contributed by atoms with Crippen LogP contribution in [0.25, 0.3) is 0 Å². The summed E-state index contributed by atoms with van der Waals surface area (Å²) in [6.45, 7) is 3.16. The van der Waals surface area contributed by atoms with E-state index in [0.29, 0.717) is 19.1 Å². The Kier molecular flexibility index (Phi) is 3.14. The van der Waals surface area contributed by atoms with Crippen molar-refractivity contribution in [2.45, 2.75) is 18.9 Å². The fourth-order valence-corrected chi connectivity index (χ4v) is 2.76. The van der Waals surface area contributed by atoms with Crippen molar-refractivity contribution < 1.29 is 14.3 Å². The molecule has 0 amide bonds. The quantitative estimate of drug-likeness (QED) is 0.904. The van der Waals surface area contributed by atoms with Crippen LogP contribution in [0.15, 0.2) is 18.2 Å². The van der Waals surface area contributed by atoms with Crippen molar-refractivity contribution in [3.8, 4) is 0 Å². The van der Waals surface area contributed by atoms with Crippen LogP contribution in [0.4, 0.5) is 10.1 Å². The van der Waals surface area contributed by atoms with E-state index in [-0.39, 0.29) is 11.3 Å². The number of anilines is 1. The van der Waals surface area contributed by atoms with Gasteiger partial charge in [0.25, 0.3) is 0 Å². The summed E-state index contributed by atoms with van der Waals surface area (Å²) in [5.41, 5.74) is 0.297. The monoisotopic (exact) mass is 264 g/mol. The summed E-state index contributed by atoms with van der Waals surface area (Å²) < 4.78 is 13.9. The Hall–Kier alpha value is -1.62. The second kappa shape index (κ2) is 4.81. The number of carboxylic acid groups (broad SMARTS) is 1. The molecule has 0 aromatic heterocycles. The molecule has 2 fully saturated rings. The maximum absolute atomic E-state index is 13.9. The number of hydrogen-bond acceptors (Lipinski definition) is 3. The molecule has 5 heteroatoms. The molecule has 1 aromatic carbocycles. The van der Waals surface area contributed by atoms with Crippen molar-refractivity contribution in [2.75, 3.05) is 31.1 Å². The van der Waals surface area contributed by atoms with Crippen LogP contribution in [0.5, 0.6) is 0 Å². The number of carbonyl (C=O) groups is 1. The largest absolute Gasteiger partial charge is 0.478 e. The van der Waals surface area contributed by atoms with E-state index >= 15 is 0 Å². The van der Waals surface area contributed by atoms with Crippen molar-refractivity contribution in [2.24, 2.45) is 0 Å². The first-order valence-corrected chi connectivity index (χ1v) is 6.67. The van der Waals surface area contributed by atoms with Gasteiger partial charge in [0.1, 0.15) is 5.82 Å². The van der Waals surface area contributed by atoms with E-state index in [1.54, 1.807) is 0 Å². The van der Waals surface area contributed by atoms with Crippen LogP contribution in [0.3, 0.4) is 0 Å². The molecule has 0 spiro atoms. The normalized spacial score (nSPS) is 20.6. The molecule has 1 heterocycles. The third kappa shape index (κ3) is 2.42. The smallest absolute Gasteiger partial charge is 0.337 e. The van der Waals surface area contributed by atoms with E-state index < -0.39 is 11.8 Å². The maximum atomic E-state index is 13.9. The van der Waals surface area contributed by atoms with Gasteiger partial charge in [-0.2, -0.15) is 0 Å². The van der Waals surface area contributed by atoms with Gasteiger partial charge in [-0.15, -0.1) is 0 Å². The Morgan fingerprint density at radius 3 is 2.47 bits per heavy atom. The van der Waals surface area contributed by atoms with Crippen LogP contribution < -0.4 is 4.90 Å². The van der Waals surface area contributed by atoms with Gasteiger partial charge in [-0.25, -0.2) is 9.18 Å². The summed E-state index contributed by atoms with van der Waals surface area (Å²) in [5.74, 6) is -1.51. The highest BCUT2D eigenvalue weighted by atomic mass is 19.1. The van der Waals surface area contributed by atoms with E-state index in [2.05, 4.69) is 4.90 Å². The molecule has 4 nitrogen and oxygen atoms in total. The molecule has 2 aliphatic rings. The summed E-state index contributed by atoms with van der Waals surface area (Å²) in [6.07, 6.45) is 2.53. The van der Waals surface area contributed by atoms with Crippen LogP contribution in [-0.2, 0) is 0 Å². The van der Waals surface area contributed by atoms with Crippen LogP contribution in [-0.4, -0.2) is 48.2 Å². The van der Waals surface area contributed by atoms with E-state index in [9.17, 15) is 9.18 Å². The fourth-order valence-electron chi connectivity index (χ4n) is 2.76. The minimum absolute atomic E-state index is 0.0554. The molecule has 102 valence electrons. The number of benzene rings is 1. The molecule has 1 aliphatic heterocycles. The zero-order chi connectivity index (χ0) is 13.4. The molecule has 0 atom stereocenters. The summed E-state index contributed by atoms with van der Waals surface area (Å²) >= 11 is 0. The molecule has 0 unspecified atom stereocenters. The SMILES string of the molecule is O=C(O)c1cccc(F)c1N1CCN(C2CC2)CC1. The van der Waals surface area contributed by atoms with Crippen molar-refractivity contribution in [3.63, 3.8) is 0 Å². The van der Waals surface area contributed by atoms with Crippen LogP contribution >= 0.6 is 0 Å². The predicted octanol–water partition coefficient (Wildman–Crippen LogP) is 1.81. The zero-order valence-electron chi connectivity index (χ0n) is 10.7. The Labute approximate surface area is 111 Å². The van der Waals surface area contributed by atoms with Gasteiger partial charge in [0.2, 0.25) is 0 Å². The van der Waals surface area contributed by atoms with E-state index in [4.69, 9.17) is 5.11 Å². The van der Waals surface area contributed by atoms with Crippen LogP contribution in [0.2, 0.25) is 0 Å². The van der Waals surface area contributed by atoms with Gasteiger partial charge in [-0.1, -0.05) is 6.07 Å². The molecule has 0 bridgehead atoms. The number of nitrogens with zero attached hydrogens (tertiary/aromatic N) is 2. The van der Waals surface area contributed by atoms with Crippen molar-refractivity contribution in [3.05, 3.63) is 29.6 Å². The number of halogens is 1. The van der Waals surface area contributed by atoms with E-state index in [0.717, 1.165) is 13.1 Å². The molecule has 3 rings (SSSR count). The molecular formula is C14H17FN2O2. The van der Waals surface area contributed by atoms with Crippen LogP contribution in [0.1, 0.15) is 23.2 Å². The lowest BCUT2D eigenvalue weighted by Crippen LogP contribution is -2.47. The number of carboxylic acids is 1. The summed E-state index contributed by atoms with van der Waals surface area (Å²) in [5, 5.41) is 9.17. The highest BCUT2D eigenvalue weighted by Gasteiger charge is 2.32. The second-order valence-electron chi connectivity index (χ2n) is 5.20. The third-order valence-electron chi connectivity index (χ3n) is 3.91. The lowest BCUT2D eigenvalue weighted by atomic mass is 10.1. The Bertz CT molecular complexity index is 494. The van der Waals surface area contributed by atoms with Gasteiger partial charge >= 0.3 is 5.97 Å². The maximum Gasteiger partial charge on any atom is 0.337 e. The average Bonchev–Trinajstić information content (AvgIpc) is 3.23. The number of piperazine rings is 1. The lowest BCUT2D eigenvalue weighted by Gasteiger charge is -2.36. The predicted molar refractivity (Wildman–Crippen MR) is 70.2 cm³/mol. The Balaban J connectivity index is 1.80. The molecule has 1 saturated carbocycles. The zero-order valence-corrected chi connectivity index (χ0v) is 10.7.